The van der Waals surface area contributed by atoms with Crippen LogP contribution in [0.25, 0.3) is 0 Å². The fourth-order valence-corrected chi connectivity index (χ4v) is 2.80. The maximum absolute atomic E-state index is 12.9. The van der Waals surface area contributed by atoms with Crippen LogP contribution in [-0.2, 0) is 4.79 Å². The Balaban J connectivity index is 2.00. The van der Waals surface area contributed by atoms with Crippen molar-refractivity contribution in [3.05, 3.63) is 34.1 Å². The van der Waals surface area contributed by atoms with Crippen molar-refractivity contribution in [1.82, 2.24) is 5.32 Å². The van der Waals surface area contributed by atoms with Crippen LogP contribution in [0.3, 0.4) is 0 Å². The van der Waals surface area contributed by atoms with Gasteiger partial charge in [0, 0.05) is 10.5 Å². The van der Waals surface area contributed by atoms with Crippen molar-refractivity contribution < 1.29 is 19.1 Å². The molecule has 1 aromatic carbocycles. The lowest BCUT2D eigenvalue weighted by atomic mass is 10.1. The van der Waals surface area contributed by atoms with Gasteiger partial charge in [-0.1, -0.05) is 0 Å². The number of benzene rings is 1. The molecule has 2 rings (SSSR count). The zero-order chi connectivity index (χ0) is 14.0. The predicted octanol–water partition coefficient (Wildman–Crippen LogP) is 2.57. The number of carbonyl (C=O) groups excluding carboxylic acids is 1. The largest absolute Gasteiger partial charge is 0.481 e. The molecule has 0 spiro atoms. The molecule has 1 saturated carbocycles. The minimum atomic E-state index is -0.820. The summed E-state index contributed by atoms with van der Waals surface area (Å²) >= 11 is 3.14. The number of hydrogen-bond acceptors (Lipinski definition) is 2. The van der Waals surface area contributed by atoms with E-state index in [-0.39, 0.29) is 17.9 Å². The Bertz CT molecular complexity index is 521. The number of rotatable bonds is 3. The highest BCUT2D eigenvalue weighted by atomic mass is 79.9. The molecule has 2 N–H and O–H groups in total. The molecule has 0 unspecified atom stereocenters. The van der Waals surface area contributed by atoms with Gasteiger partial charge in [0.25, 0.3) is 5.91 Å². The Morgan fingerprint density at radius 1 is 1.37 bits per heavy atom. The molecule has 19 heavy (non-hydrogen) atoms. The van der Waals surface area contributed by atoms with Crippen molar-refractivity contribution in [3.8, 4) is 0 Å². The first-order valence-electron chi connectivity index (χ1n) is 5.96. The lowest BCUT2D eigenvalue weighted by molar-refractivity contribution is -0.141. The molecule has 1 aromatic rings. The van der Waals surface area contributed by atoms with E-state index in [1.54, 1.807) is 0 Å². The maximum atomic E-state index is 12.9. The second kappa shape index (κ2) is 5.69. The Labute approximate surface area is 118 Å². The third kappa shape index (κ3) is 3.32. The van der Waals surface area contributed by atoms with Crippen LogP contribution in [0.2, 0.25) is 0 Å². The van der Waals surface area contributed by atoms with Gasteiger partial charge in [-0.2, -0.15) is 0 Å². The summed E-state index contributed by atoms with van der Waals surface area (Å²) in [6.45, 7) is 0. The summed E-state index contributed by atoms with van der Waals surface area (Å²) in [6, 6.07) is 3.71. The van der Waals surface area contributed by atoms with Crippen molar-refractivity contribution in [1.29, 1.82) is 0 Å². The Morgan fingerprint density at radius 3 is 2.68 bits per heavy atom. The Hall–Kier alpha value is -1.43. The van der Waals surface area contributed by atoms with Crippen LogP contribution in [0.5, 0.6) is 0 Å². The average molecular weight is 330 g/mol. The first kappa shape index (κ1) is 14.0. The standard InChI is InChI=1S/C13H13BrFNO3/c14-11-6-8(15)2-4-10(11)12(17)16-9-3-1-7(5-9)13(18)19/h2,4,6-7,9H,1,3,5H2,(H,16,17)(H,18,19)/t7-,9+/m1/s1. The molecular formula is C13H13BrFNO3. The molecule has 1 fully saturated rings. The molecule has 0 heterocycles. The first-order chi connectivity index (χ1) is 8.97. The lowest BCUT2D eigenvalue weighted by Gasteiger charge is -2.13. The number of carbonyl (C=O) groups is 2. The van der Waals surface area contributed by atoms with Gasteiger partial charge >= 0.3 is 5.97 Å². The number of halogens is 2. The second-order valence-corrected chi connectivity index (χ2v) is 5.50. The summed E-state index contributed by atoms with van der Waals surface area (Å²) < 4.78 is 13.3. The Kier molecular flexibility index (Phi) is 4.19. The van der Waals surface area contributed by atoms with Crippen molar-refractivity contribution >= 4 is 27.8 Å². The monoisotopic (exact) mass is 329 g/mol. The quantitative estimate of drug-likeness (QED) is 0.895. The van der Waals surface area contributed by atoms with E-state index >= 15 is 0 Å². The van der Waals surface area contributed by atoms with E-state index in [4.69, 9.17) is 5.11 Å². The van der Waals surface area contributed by atoms with Crippen LogP contribution < -0.4 is 5.32 Å². The first-order valence-corrected chi connectivity index (χ1v) is 6.75. The number of nitrogens with one attached hydrogen (secondary N) is 1. The smallest absolute Gasteiger partial charge is 0.306 e. The van der Waals surface area contributed by atoms with Crippen LogP contribution in [0.1, 0.15) is 29.6 Å². The molecule has 1 amide bonds. The molecule has 1 aliphatic rings. The van der Waals surface area contributed by atoms with E-state index in [2.05, 4.69) is 21.2 Å². The predicted molar refractivity (Wildman–Crippen MR) is 70.3 cm³/mol. The third-order valence-corrected chi connectivity index (χ3v) is 3.95. The Morgan fingerprint density at radius 2 is 2.11 bits per heavy atom. The highest BCUT2D eigenvalue weighted by molar-refractivity contribution is 9.10. The van der Waals surface area contributed by atoms with Crippen molar-refractivity contribution in [2.24, 2.45) is 5.92 Å². The van der Waals surface area contributed by atoms with Gasteiger partial charge in [-0.25, -0.2) is 4.39 Å². The molecule has 2 atom stereocenters. The highest BCUT2D eigenvalue weighted by Gasteiger charge is 2.30. The number of hydrogen-bond donors (Lipinski definition) is 2. The normalized spacial score (nSPS) is 22.2. The van der Waals surface area contributed by atoms with E-state index in [9.17, 15) is 14.0 Å². The van der Waals surface area contributed by atoms with E-state index < -0.39 is 11.8 Å². The summed E-state index contributed by atoms with van der Waals surface area (Å²) in [7, 11) is 0. The van der Waals surface area contributed by atoms with Crippen molar-refractivity contribution in [2.45, 2.75) is 25.3 Å². The zero-order valence-electron chi connectivity index (χ0n) is 10.0. The van der Waals surface area contributed by atoms with Crippen LogP contribution in [-0.4, -0.2) is 23.0 Å². The molecule has 0 aliphatic heterocycles. The minimum Gasteiger partial charge on any atom is -0.481 e. The van der Waals surface area contributed by atoms with Crippen molar-refractivity contribution in [3.63, 3.8) is 0 Å². The summed E-state index contributed by atoms with van der Waals surface area (Å²) in [5, 5.41) is 11.7. The van der Waals surface area contributed by atoms with Crippen LogP contribution in [0, 0.1) is 11.7 Å². The molecular weight excluding hydrogens is 317 g/mol. The summed E-state index contributed by atoms with van der Waals surface area (Å²) in [6.07, 6.45) is 1.67. The number of carboxylic acid groups (broad SMARTS) is 1. The average Bonchev–Trinajstić information content (AvgIpc) is 2.77. The van der Waals surface area contributed by atoms with Gasteiger partial charge in [0.1, 0.15) is 5.82 Å². The highest BCUT2D eigenvalue weighted by Crippen LogP contribution is 2.26. The van der Waals surface area contributed by atoms with Gasteiger partial charge < -0.3 is 10.4 Å². The second-order valence-electron chi connectivity index (χ2n) is 4.64. The SMILES string of the molecule is O=C(N[C@H]1CC[C@@H](C(=O)O)C1)c1ccc(F)cc1Br. The van der Waals surface area contributed by atoms with Gasteiger partial charge in [0.2, 0.25) is 0 Å². The fourth-order valence-electron chi connectivity index (χ4n) is 2.27. The van der Waals surface area contributed by atoms with E-state index in [1.165, 1.54) is 18.2 Å². The molecule has 4 nitrogen and oxygen atoms in total. The van der Waals surface area contributed by atoms with Crippen LogP contribution in [0.4, 0.5) is 4.39 Å². The number of carboxylic acids is 1. The maximum Gasteiger partial charge on any atom is 0.306 e. The molecule has 1 aliphatic carbocycles. The van der Waals surface area contributed by atoms with Gasteiger partial charge in [0.15, 0.2) is 0 Å². The van der Waals surface area contributed by atoms with E-state index in [0.29, 0.717) is 29.3 Å². The topological polar surface area (TPSA) is 66.4 Å². The molecule has 0 radical (unpaired) electrons. The minimum absolute atomic E-state index is 0.134. The fraction of sp³-hybridized carbons (Fsp3) is 0.385. The van der Waals surface area contributed by atoms with Crippen molar-refractivity contribution in [2.75, 3.05) is 0 Å². The summed E-state index contributed by atoms with van der Waals surface area (Å²) in [5.74, 6) is -1.94. The molecule has 6 heteroatoms. The van der Waals surface area contributed by atoms with E-state index in [1.807, 2.05) is 0 Å². The number of aliphatic carboxylic acids is 1. The zero-order valence-corrected chi connectivity index (χ0v) is 11.6. The van der Waals surface area contributed by atoms with Gasteiger partial charge in [0.05, 0.1) is 11.5 Å². The third-order valence-electron chi connectivity index (χ3n) is 3.29. The summed E-state index contributed by atoms with van der Waals surface area (Å²) in [4.78, 5) is 22.8. The molecule has 0 saturated heterocycles. The number of amides is 1. The molecule has 102 valence electrons. The van der Waals surface area contributed by atoms with E-state index in [0.717, 1.165) is 0 Å². The molecule has 0 aromatic heterocycles. The van der Waals surface area contributed by atoms with Crippen LogP contribution in [0.15, 0.2) is 22.7 Å². The van der Waals surface area contributed by atoms with Crippen LogP contribution >= 0.6 is 15.9 Å². The lowest BCUT2D eigenvalue weighted by Crippen LogP contribution is -2.33. The van der Waals surface area contributed by atoms with Gasteiger partial charge in [-0.05, 0) is 53.4 Å². The van der Waals surface area contributed by atoms with Gasteiger partial charge in [-0.15, -0.1) is 0 Å². The molecule has 0 bridgehead atoms. The summed E-state index contributed by atoms with van der Waals surface area (Å²) in [5.41, 5.74) is 0.347. The van der Waals surface area contributed by atoms with Gasteiger partial charge in [-0.3, -0.25) is 9.59 Å².